The number of hydrogen-bond acceptors (Lipinski definition) is 4. The highest BCUT2D eigenvalue weighted by molar-refractivity contribution is 5.82. The van der Waals surface area contributed by atoms with Gasteiger partial charge in [0.2, 0.25) is 0 Å². The van der Waals surface area contributed by atoms with Crippen LogP contribution in [-0.4, -0.2) is 60.1 Å². The number of carbonyl (C=O) groups is 1. The Balaban J connectivity index is 1.59. The fraction of sp³-hybridized carbons (Fsp3) is 0.632. The summed E-state index contributed by atoms with van der Waals surface area (Å²) in [7, 11) is 1.60. The maximum absolute atomic E-state index is 12.7. The lowest BCUT2D eigenvalue weighted by Gasteiger charge is -2.27. The van der Waals surface area contributed by atoms with Crippen LogP contribution in [0.1, 0.15) is 43.8 Å². The Morgan fingerprint density at radius 1 is 1.08 bits per heavy atom. The molecule has 1 saturated carbocycles. The van der Waals surface area contributed by atoms with E-state index in [0.717, 1.165) is 31.8 Å². The molecule has 1 saturated heterocycles. The van der Waals surface area contributed by atoms with E-state index in [-0.39, 0.29) is 5.91 Å². The third kappa shape index (κ3) is 3.90. The summed E-state index contributed by atoms with van der Waals surface area (Å²) >= 11 is 0. The molecule has 1 unspecified atom stereocenters. The molecule has 1 aliphatic heterocycles. The molecule has 1 atom stereocenters. The van der Waals surface area contributed by atoms with Crippen molar-refractivity contribution in [2.24, 2.45) is 0 Å². The number of nitrogens with zero attached hydrogens (tertiary/aromatic N) is 2. The molecule has 0 aromatic heterocycles. The number of carbonyl (C=O) groups excluding carboxylic acids is 1. The second kappa shape index (κ2) is 7.99. The molecule has 0 spiro atoms. The van der Waals surface area contributed by atoms with Crippen molar-refractivity contribution in [3.05, 3.63) is 29.8 Å². The van der Waals surface area contributed by atoms with Crippen LogP contribution in [-0.2, 0) is 4.79 Å². The predicted octanol–water partition coefficient (Wildman–Crippen LogP) is 2.21. The molecule has 1 aromatic carbocycles. The largest absolute Gasteiger partial charge is 0.497 e. The summed E-state index contributed by atoms with van der Waals surface area (Å²) < 4.78 is 5.12. The Labute approximate surface area is 144 Å². The van der Waals surface area contributed by atoms with Crippen molar-refractivity contribution >= 4 is 5.91 Å². The van der Waals surface area contributed by atoms with Crippen LogP contribution in [0.25, 0.3) is 0 Å². The molecule has 5 heteroatoms. The van der Waals surface area contributed by atoms with Crippen molar-refractivity contribution in [3.8, 4) is 5.75 Å². The topological polar surface area (TPSA) is 53.0 Å². The quantitative estimate of drug-likeness (QED) is 0.918. The number of hydrogen-bond donors (Lipinski definition) is 1. The van der Waals surface area contributed by atoms with E-state index in [4.69, 9.17) is 4.74 Å². The van der Waals surface area contributed by atoms with Crippen molar-refractivity contribution in [3.63, 3.8) is 0 Å². The van der Waals surface area contributed by atoms with Gasteiger partial charge in [-0.1, -0.05) is 25.0 Å². The van der Waals surface area contributed by atoms with E-state index < -0.39 is 6.10 Å². The average molecular weight is 332 g/mol. The number of ether oxygens (including phenoxy) is 1. The van der Waals surface area contributed by atoms with E-state index in [9.17, 15) is 9.90 Å². The molecular formula is C19H28N2O3. The van der Waals surface area contributed by atoms with Crippen LogP contribution < -0.4 is 4.74 Å². The molecule has 1 aliphatic carbocycles. The Bertz CT molecular complexity index is 540. The Kier molecular flexibility index (Phi) is 5.74. The maximum Gasteiger partial charge on any atom is 0.256 e. The van der Waals surface area contributed by atoms with Crippen LogP contribution in [0.4, 0.5) is 0 Å². The van der Waals surface area contributed by atoms with Gasteiger partial charge in [0.1, 0.15) is 5.75 Å². The SMILES string of the molecule is COc1ccc(C(O)C(=O)N2CCCN(C3CCCC3)CC2)cc1. The lowest BCUT2D eigenvalue weighted by Crippen LogP contribution is -2.40. The van der Waals surface area contributed by atoms with Crippen molar-refractivity contribution < 1.29 is 14.6 Å². The average Bonchev–Trinajstić information content (AvgIpc) is 3.05. The van der Waals surface area contributed by atoms with Crippen molar-refractivity contribution in [1.82, 2.24) is 9.80 Å². The van der Waals surface area contributed by atoms with Gasteiger partial charge in [0.15, 0.2) is 6.10 Å². The summed E-state index contributed by atoms with van der Waals surface area (Å²) in [5, 5.41) is 10.4. The third-order valence-corrected chi connectivity index (χ3v) is 5.35. The highest BCUT2D eigenvalue weighted by Gasteiger charge is 2.29. The van der Waals surface area contributed by atoms with Crippen molar-refractivity contribution in [2.45, 2.75) is 44.2 Å². The summed E-state index contributed by atoms with van der Waals surface area (Å²) in [6, 6.07) is 7.76. The molecular weight excluding hydrogens is 304 g/mol. The first-order valence-electron chi connectivity index (χ1n) is 9.04. The zero-order valence-corrected chi connectivity index (χ0v) is 14.5. The van der Waals surface area contributed by atoms with Crippen LogP contribution in [0.2, 0.25) is 0 Å². The summed E-state index contributed by atoms with van der Waals surface area (Å²) in [6.45, 7) is 3.43. The summed E-state index contributed by atoms with van der Waals surface area (Å²) in [5.74, 6) is 0.536. The number of amides is 1. The minimum absolute atomic E-state index is 0.187. The predicted molar refractivity (Wildman–Crippen MR) is 93.0 cm³/mol. The number of methoxy groups -OCH3 is 1. The normalized spacial score (nSPS) is 21.5. The number of aliphatic hydroxyl groups is 1. The zero-order chi connectivity index (χ0) is 16.9. The standard InChI is InChI=1S/C19H28N2O3/c1-24-17-9-7-15(8-10-17)18(22)19(23)21-12-4-11-20(13-14-21)16-5-2-3-6-16/h7-10,16,18,22H,2-6,11-14H2,1H3. The molecule has 0 bridgehead atoms. The van der Waals surface area contributed by atoms with Crippen LogP contribution in [0, 0.1) is 0 Å². The highest BCUT2D eigenvalue weighted by Crippen LogP contribution is 2.25. The fourth-order valence-electron chi connectivity index (χ4n) is 3.89. The van der Waals surface area contributed by atoms with Gasteiger partial charge in [-0.25, -0.2) is 0 Å². The Morgan fingerprint density at radius 3 is 2.46 bits per heavy atom. The van der Waals surface area contributed by atoms with Gasteiger partial charge in [-0.05, 0) is 37.0 Å². The van der Waals surface area contributed by atoms with Gasteiger partial charge in [0, 0.05) is 32.2 Å². The van der Waals surface area contributed by atoms with Gasteiger partial charge in [0.05, 0.1) is 7.11 Å². The molecule has 1 N–H and O–H groups in total. The Morgan fingerprint density at radius 2 is 1.79 bits per heavy atom. The zero-order valence-electron chi connectivity index (χ0n) is 14.5. The van der Waals surface area contributed by atoms with Gasteiger partial charge in [-0.3, -0.25) is 9.69 Å². The second-order valence-corrected chi connectivity index (χ2v) is 6.83. The van der Waals surface area contributed by atoms with Crippen molar-refractivity contribution in [1.29, 1.82) is 0 Å². The first-order valence-corrected chi connectivity index (χ1v) is 9.04. The first-order chi connectivity index (χ1) is 11.7. The van der Waals surface area contributed by atoms with E-state index in [1.54, 1.807) is 31.4 Å². The van der Waals surface area contributed by atoms with E-state index in [1.807, 2.05) is 4.90 Å². The van der Waals surface area contributed by atoms with Gasteiger partial charge >= 0.3 is 0 Å². The monoisotopic (exact) mass is 332 g/mol. The first kappa shape index (κ1) is 17.2. The van der Waals surface area contributed by atoms with Gasteiger partial charge in [-0.15, -0.1) is 0 Å². The lowest BCUT2D eigenvalue weighted by molar-refractivity contribution is -0.140. The molecule has 1 heterocycles. The summed E-state index contributed by atoms with van der Waals surface area (Å²) in [4.78, 5) is 17.0. The van der Waals surface area contributed by atoms with Gasteiger partial charge < -0.3 is 14.7 Å². The molecule has 2 fully saturated rings. The van der Waals surface area contributed by atoms with Crippen molar-refractivity contribution in [2.75, 3.05) is 33.3 Å². The molecule has 1 amide bonds. The molecule has 3 rings (SSSR count). The molecule has 2 aliphatic rings. The Hall–Kier alpha value is -1.59. The number of benzene rings is 1. The summed E-state index contributed by atoms with van der Waals surface area (Å²) in [5.41, 5.74) is 0.623. The molecule has 1 aromatic rings. The molecule has 132 valence electrons. The van der Waals surface area contributed by atoms with Crippen LogP contribution in [0.3, 0.4) is 0 Å². The molecule has 24 heavy (non-hydrogen) atoms. The number of rotatable bonds is 4. The molecule has 5 nitrogen and oxygen atoms in total. The second-order valence-electron chi connectivity index (χ2n) is 6.83. The van der Waals surface area contributed by atoms with Crippen LogP contribution in [0.15, 0.2) is 24.3 Å². The van der Waals surface area contributed by atoms with Gasteiger partial charge in [-0.2, -0.15) is 0 Å². The number of aliphatic hydroxyl groups excluding tert-OH is 1. The van der Waals surface area contributed by atoms with Crippen LogP contribution >= 0.6 is 0 Å². The van der Waals surface area contributed by atoms with E-state index >= 15 is 0 Å². The summed E-state index contributed by atoms with van der Waals surface area (Å²) in [6.07, 6.45) is 5.15. The third-order valence-electron chi connectivity index (χ3n) is 5.35. The highest BCUT2D eigenvalue weighted by atomic mass is 16.5. The molecule has 0 radical (unpaired) electrons. The maximum atomic E-state index is 12.7. The van der Waals surface area contributed by atoms with Gasteiger partial charge in [0.25, 0.3) is 5.91 Å². The van der Waals surface area contributed by atoms with E-state index in [1.165, 1.54) is 25.7 Å². The lowest BCUT2D eigenvalue weighted by atomic mass is 10.1. The smallest absolute Gasteiger partial charge is 0.256 e. The minimum atomic E-state index is -1.09. The minimum Gasteiger partial charge on any atom is -0.497 e. The van der Waals surface area contributed by atoms with E-state index in [0.29, 0.717) is 18.2 Å². The van der Waals surface area contributed by atoms with E-state index in [2.05, 4.69) is 4.90 Å². The fourth-order valence-corrected chi connectivity index (χ4v) is 3.89. The van der Waals surface area contributed by atoms with Crippen LogP contribution in [0.5, 0.6) is 5.75 Å².